The van der Waals surface area contributed by atoms with E-state index < -0.39 is 17.6 Å². The maximum Gasteiger partial charge on any atom is 0.416 e. The molecule has 0 fully saturated rings. The number of fused-ring (bicyclic) bond motifs is 1. The molecule has 0 bridgehead atoms. The molecule has 1 amide bonds. The van der Waals surface area contributed by atoms with E-state index in [1.807, 2.05) is 12.1 Å². The van der Waals surface area contributed by atoms with E-state index in [2.05, 4.69) is 10.3 Å². The predicted molar refractivity (Wildman–Crippen MR) is 106 cm³/mol. The summed E-state index contributed by atoms with van der Waals surface area (Å²) in [6.07, 6.45) is -2.78. The number of benzene rings is 2. The van der Waals surface area contributed by atoms with E-state index in [0.29, 0.717) is 21.2 Å². The van der Waals surface area contributed by atoms with Gasteiger partial charge in [0.05, 0.1) is 5.56 Å². The van der Waals surface area contributed by atoms with E-state index in [-0.39, 0.29) is 17.2 Å². The Kier molecular flexibility index (Phi) is 5.06. The molecule has 0 radical (unpaired) electrons. The Labute approximate surface area is 171 Å². The summed E-state index contributed by atoms with van der Waals surface area (Å²) in [5.74, 6) is -0.317. The number of alkyl halides is 3. The highest BCUT2D eigenvalue weighted by Gasteiger charge is 2.31. The Bertz CT molecular complexity index is 1170. The third-order valence-electron chi connectivity index (χ3n) is 4.16. The first-order valence-corrected chi connectivity index (χ1v) is 9.59. The molecule has 1 N–H and O–H groups in total. The molecule has 0 aliphatic carbocycles. The number of hydrogen-bond acceptors (Lipinski definition) is 4. The van der Waals surface area contributed by atoms with Crippen LogP contribution in [0.3, 0.4) is 0 Å². The van der Waals surface area contributed by atoms with Crippen LogP contribution >= 0.6 is 22.9 Å². The smallest absolute Gasteiger partial charge is 0.416 e. The maximum absolute atomic E-state index is 12.9. The van der Waals surface area contributed by atoms with Crippen LogP contribution in [0.4, 0.5) is 18.3 Å². The average Bonchev–Trinajstić information content (AvgIpc) is 3.29. The first-order chi connectivity index (χ1) is 13.8. The third-order valence-corrected chi connectivity index (χ3v) is 5.44. The molecule has 0 saturated carbocycles. The summed E-state index contributed by atoms with van der Waals surface area (Å²) in [6, 6.07) is 12.0. The van der Waals surface area contributed by atoms with Crippen LogP contribution < -0.4 is 5.32 Å². The minimum absolute atomic E-state index is 0.142. The molecule has 0 spiro atoms. The average molecular weight is 437 g/mol. The summed E-state index contributed by atoms with van der Waals surface area (Å²) in [4.78, 5) is 17.1. The first kappa shape index (κ1) is 19.5. The van der Waals surface area contributed by atoms with Crippen LogP contribution in [0.2, 0.25) is 5.02 Å². The van der Waals surface area contributed by atoms with Crippen molar-refractivity contribution in [2.75, 3.05) is 5.32 Å². The molecule has 0 atom stereocenters. The second-order valence-corrected chi connectivity index (χ2v) is 7.74. The Balaban J connectivity index is 1.49. The van der Waals surface area contributed by atoms with Gasteiger partial charge >= 0.3 is 6.18 Å². The van der Waals surface area contributed by atoms with Crippen LogP contribution in [0.1, 0.15) is 26.6 Å². The zero-order valence-electron chi connectivity index (χ0n) is 14.6. The van der Waals surface area contributed by atoms with Crippen molar-refractivity contribution in [3.63, 3.8) is 0 Å². The molecule has 4 rings (SSSR count). The van der Waals surface area contributed by atoms with Crippen molar-refractivity contribution >= 4 is 44.9 Å². The van der Waals surface area contributed by atoms with E-state index in [9.17, 15) is 18.0 Å². The molecule has 2 heterocycles. The Hall–Kier alpha value is -2.84. The monoisotopic (exact) mass is 436 g/mol. The second-order valence-electron chi connectivity index (χ2n) is 6.22. The van der Waals surface area contributed by atoms with Gasteiger partial charge in [-0.25, -0.2) is 4.98 Å². The molecule has 2 aromatic carbocycles. The lowest BCUT2D eigenvalue weighted by Gasteiger charge is -2.09. The van der Waals surface area contributed by atoms with Crippen LogP contribution in [0, 0.1) is 0 Å². The summed E-state index contributed by atoms with van der Waals surface area (Å²) in [5.41, 5.74) is 0.164. The van der Waals surface area contributed by atoms with Crippen LogP contribution in [-0.4, -0.2) is 10.9 Å². The van der Waals surface area contributed by atoms with E-state index in [1.54, 1.807) is 18.2 Å². The van der Waals surface area contributed by atoms with E-state index in [4.69, 9.17) is 16.0 Å². The number of nitrogens with zero attached hydrogens (tertiary/aromatic N) is 1. The van der Waals surface area contributed by atoms with Gasteiger partial charge in [-0.15, -0.1) is 11.3 Å². The molecule has 0 aliphatic heterocycles. The number of para-hydroxylation sites is 1. The number of furan rings is 1. The topological polar surface area (TPSA) is 55.1 Å². The van der Waals surface area contributed by atoms with Gasteiger partial charge < -0.3 is 4.42 Å². The maximum atomic E-state index is 12.9. The third kappa shape index (κ3) is 4.28. The molecule has 148 valence electrons. The van der Waals surface area contributed by atoms with Crippen molar-refractivity contribution in [1.82, 2.24) is 4.98 Å². The van der Waals surface area contributed by atoms with Crippen molar-refractivity contribution in [1.29, 1.82) is 0 Å². The molecule has 29 heavy (non-hydrogen) atoms. The Morgan fingerprint density at radius 2 is 1.97 bits per heavy atom. The lowest BCUT2D eigenvalue weighted by atomic mass is 10.1. The fraction of sp³-hybridized carbons (Fsp3) is 0.100. The van der Waals surface area contributed by atoms with Gasteiger partial charge in [-0.3, -0.25) is 10.1 Å². The molecule has 0 unspecified atom stereocenters. The zero-order chi connectivity index (χ0) is 20.6. The highest BCUT2D eigenvalue weighted by Crippen LogP contribution is 2.33. The minimum Gasteiger partial charge on any atom is -0.451 e. The summed E-state index contributed by atoms with van der Waals surface area (Å²) >= 11 is 7.20. The molecular formula is C20H12ClF3N2O2S. The van der Waals surface area contributed by atoms with Gasteiger partial charge in [-0.05, 0) is 35.9 Å². The van der Waals surface area contributed by atoms with Crippen molar-refractivity contribution < 1.29 is 22.4 Å². The van der Waals surface area contributed by atoms with Gasteiger partial charge in [-0.2, -0.15) is 13.2 Å². The number of anilines is 1. The number of carbonyl (C=O) groups excluding carboxylic acids is 1. The highest BCUT2D eigenvalue weighted by molar-refractivity contribution is 7.15. The van der Waals surface area contributed by atoms with Crippen LogP contribution in [0.15, 0.2) is 59.1 Å². The molecule has 4 nitrogen and oxygen atoms in total. The molecule has 9 heteroatoms. The van der Waals surface area contributed by atoms with Crippen LogP contribution in [-0.2, 0) is 12.6 Å². The Morgan fingerprint density at radius 1 is 1.17 bits per heavy atom. The van der Waals surface area contributed by atoms with Crippen LogP contribution in [0.25, 0.3) is 11.0 Å². The van der Waals surface area contributed by atoms with Crippen molar-refractivity contribution in [2.24, 2.45) is 0 Å². The fourth-order valence-electron chi connectivity index (χ4n) is 2.77. The largest absolute Gasteiger partial charge is 0.451 e. The van der Waals surface area contributed by atoms with E-state index in [0.717, 1.165) is 28.9 Å². The summed E-state index contributed by atoms with van der Waals surface area (Å²) in [6.45, 7) is 0. The van der Waals surface area contributed by atoms with Gasteiger partial charge in [0.1, 0.15) is 5.58 Å². The van der Waals surface area contributed by atoms with Gasteiger partial charge in [0, 0.05) is 27.9 Å². The summed E-state index contributed by atoms with van der Waals surface area (Å²) in [5, 5.41) is 3.99. The number of amides is 1. The summed E-state index contributed by atoms with van der Waals surface area (Å²) in [7, 11) is 0. The lowest BCUT2D eigenvalue weighted by molar-refractivity contribution is -0.137. The Morgan fingerprint density at radius 3 is 2.72 bits per heavy atom. The number of aromatic nitrogens is 1. The standard InChI is InChI=1S/C20H12ClF3N2O2S/c21-15-6-5-13(20(22,23)24)7-12(15)8-14-10-25-19(29-14)26-18(27)17-9-11-3-1-2-4-16(11)28-17/h1-7,9-10H,8H2,(H,25,26,27). The molecule has 2 aromatic heterocycles. The van der Waals surface area contributed by atoms with Gasteiger partial charge in [0.2, 0.25) is 0 Å². The minimum atomic E-state index is -4.45. The molecule has 0 saturated heterocycles. The number of thiazole rings is 1. The van der Waals surface area contributed by atoms with Crippen molar-refractivity contribution in [2.45, 2.75) is 12.6 Å². The first-order valence-electron chi connectivity index (χ1n) is 8.40. The molecule has 4 aromatic rings. The number of rotatable bonds is 4. The number of nitrogens with one attached hydrogen (secondary N) is 1. The lowest BCUT2D eigenvalue weighted by Crippen LogP contribution is -2.10. The van der Waals surface area contributed by atoms with Gasteiger partial charge in [0.15, 0.2) is 10.9 Å². The summed E-state index contributed by atoms with van der Waals surface area (Å²) < 4.78 is 44.3. The van der Waals surface area contributed by atoms with Gasteiger partial charge in [-0.1, -0.05) is 29.8 Å². The van der Waals surface area contributed by atoms with Crippen molar-refractivity contribution in [3.8, 4) is 0 Å². The molecular weight excluding hydrogens is 425 g/mol. The quantitative estimate of drug-likeness (QED) is 0.402. The highest BCUT2D eigenvalue weighted by atomic mass is 35.5. The van der Waals surface area contributed by atoms with Crippen molar-refractivity contribution in [3.05, 3.63) is 81.5 Å². The van der Waals surface area contributed by atoms with Gasteiger partial charge in [0.25, 0.3) is 5.91 Å². The fourth-order valence-corrected chi connectivity index (χ4v) is 3.79. The number of hydrogen-bond donors (Lipinski definition) is 1. The predicted octanol–water partition coefficient (Wildman–Crippen LogP) is 6.40. The second kappa shape index (κ2) is 7.53. The van der Waals surface area contributed by atoms with Crippen LogP contribution in [0.5, 0.6) is 0 Å². The van der Waals surface area contributed by atoms with E-state index >= 15 is 0 Å². The SMILES string of the molecule is O=C(Nc1ncc(Cc2cc(C(F)(F)F)ccc2Cl)s1)c1cc2ccccc2o1. The number of carbonyl (C=O) groups is 1. The number of halogens is 4. The normalized spacial score (nSPS) is 11.7. The molecule has 0 aliphatic rings. The van der Waals surface area contributed by atoms with E-state index in [1.165, 1.54) is 12.3 Å². The zero-order valence-corrected chi connectivity index (χ0v) is 16.2.